The zero-order chi connectivity index (χ0) is 15.2. The third-order valence-electron chi connectivity index (χ3n) is 2.57. The number of aliphatic hydroxyl groups is 1. The van der Waals surface area contributed by atoms with Gasteiger partial charge in [0.1, 0.15) is 12.4 Å². The molecule has 0 aliphatic carbocycles. The van der Waals surface area contributed by atoms with E-state index in [1.54, 1.807) is 13.8 Å². The van der Waals surface area contributed by atoms with E-state index >= 15 is 0 Å². The van der Waals surface area contributed by atoms with Gasteiger partial charge in [-0.1, -0.05) is 25.7 Å². The Bertz CT molecular complexity index is 616. The van der Waals surface area contributed by atoms with Crippen molar-refractivity contribution in [3.05, 3.63) is 29.6 Å². The van der Waals surface area contributed by atoms with E-state index in [0.717, 1.165) is 6.07 Å². The number of benzene rings is 1. The molecule has 0 heterocycles. The van der Waals surface area contributed by atoms with Gasteiger partial charge in [0, 0.05) is 18.7 Å². The maximum absolute atomic E-state index is 13.8. The molecule has 7 heteroatoms. The maximum atomic E-state index is 13.8. The van der Waals surface area contributed by atoms with Crippen LogP contribution in [0.15, 0.2) is 18.2 Å². The van der Waals surface area contributed by atoms with Crippen LogP contribution in [0.2, 0.25) is 0 Å². The summed E-state index contributed by atoms with van der Waals surface area (Å²) in [6.45, 7) is 3.68. The standard InChI is InChI=1S/C13H17FN2O3S/c1-3-16(4-2)20(18,19)15-13-8-7-11(6-5-9-17)10-12(13)14/h7-8,10,15,17H,3-4,9H2,1-2H3. The lowest BCUT2D eigenvalue weighted by molar-refractivity contribution is 0.350. The van der Waals surface area contributed by atoms with E-state index in [4.69, 9.17) is 5.11 Å². The number of hydrogen-bond acceptors (Lipinski definition) is 3. The molecular weight excluding hydrogens is 283 g/mol. The molecule has 1 aromatic rings. The Morgan fingerprint density at radius 2 is 2.00 bits per heavy atom. The monoisotopic (exact) mass is 300 g/mol. The zero-order valence-electron chi connectivity index (χ0n) is 11.4. The normalized spacial score (nSPS) is 11.1. The van der Waals surface area contributed by atoms with Crippen LogP contribution in [-0.2, 0) is 10.2 Å². The molecule has 20 heavy (non-hydrogen) atoms. The van der Waals surface area contributed by atoms with Gasteiger partial charge in [0.25, 0.3) is 0 Å². The summed E-state index contributed by atoms with van der Waals surface area (Å²) in [4.78, 5) is 0. The Morgan fingerprint density at radius 1 is 1.35 bits per heavy atom. The average molecular weight is 300 g/mol. The Balaban J connectivity index is 2.99. The lowest BCUT2D eigenvalue weighted by Gasteiger charge is -2.19. The van der Waals surface area contributed by atoms with Crippen LogP contribution in [0.25, 0.3) is 0 Å². The molecule has 0 fully saturated rings. The quantitative estimate of drug-likeness (QED) is 0.802. The first-order valence-electron chi connectivity index (χ1n) is 6.11. The first kappa shape index (κ1) is 16.4. The van der Waals surface area contributed by atoms with Gasteiger partial charge >= 0.3 is 10.2 Å². The molecule has 0 saturated carbocycles. The highest BCUT2D eigenvalue weighted by atomic mass is 32.2. The molecule has 0 aliphatic rings. The van der Waals surface area contributed by atoms with Crippen LogP contribution in [0.5, 0.6) is 0 Å². The molecule has 0 radical (unpaired) electrons. The van der Waals surface area contributed by atoms with Crippen LogP contribution in [-0.4, -0.2) is 37.5 Å². The Labute approximate surface area is 118 Å². The van der Waals surface area contributed by atoms with Crippen LogP contribution in [0.4, 0.5) is 10.1 Å². The molecule has 110 valence electrons. The van der Waals surface area contributed by atoms with Crippen LogP contribution in [0.3, 0.4) is 0 Å². The number of hydrogen-bond donors (Lipinski definition) is 2. The predicted molar refractivity (Wildman–Crippen MR) is 75.8 cm³/mol. The van der Waals surface area contributed by atoms with Crippen molar-refractivity contribution in [3.8, 4) is 11.8 Å². The van der Waals surface area contributed by atoms with Crippen LogP contribution >= 0.6 is 0 Å². The molecule has 0 atom stereocenters. The third kappa shape index (κ3) is 4.20. The molecule has 1 rings (SSSR count). The van der Waals surface area contributed by atoms with Crippen molar-refractivity contribution in [2.45, 2.75) is 13.8 Å². The fourth-order valence-corrected chi connectivity index (χ4v) is 2.84. The van der Waals surface area contributed by atoms with Gasteiger partial charge < -0.3 is 5.11 Å². The van der Waals surface area contributed by atoms with Gasteiger partial charge in [-0.05, 0) is 18.2 Å². The third-order valence-corrected chi connectivity index (χ3v) is 4.24. The van der Waals surface area contributed by atoms with Gasteiger partial charge in [-0.3, -0.25) is 4.72 Å². The van der Waals surface area contributed by atoms with E-state index in [0.29, 0.717) is 18.7 Å². The minimum atomic E-state index is -3.76. The van der Waals surface area contributed by atoms with Gasteiger partial charge in [0.15, 0.2) is 0 Å². The number of anilines is 1. The molecule has 0 spiro atoms. The van der Waals surface area contributed by atoms with E-state index in [2.05, 4.69) is 16.6 Å². The summed E-state index contributed by atoms with van der Waals surface area (Å²) < 4.78 is 41.1. The smallest absolute Gasteiger partial charge is 0.301 e. The SMILES string of the molecule is CCN(CC)S(=O)(=O)Nc1ccc(C#CCO)cc1F. The van der Waals surface area contributed by atoms with Gasteiger partial charge in [-0.2, -0.15) is 12.7 Å². The lowest BCUT2D eigenvalue weighted by atomic mass is 10.2. The van der Waals surface area contributed by atoms with Crippen molar-refractivity contribution in [2.75, 3.05) is 24.4 Å². The summed E-state index contributed by atoms with van der Waals surface area (Å²) in [6.07, 6.45) is 0. The fourth-order valence-electron chi connectivity index (χ4n) is 1.58. The molecule has 0 amide bonds. The summed E-state index contributed by atoms with van der Waals surface area (Å²) in [5, 5.41) is 8.56. The van der Waals surface area contributed by atoms with E-state index in [-0.39, 0.29) is 12.3 Å². The van der Waals surface area contributed by atoms with E-state index < -0.39 is 16.0 Å². The number of aliphatic hydroxyl groups excluding tert-OH is 1. The second-order valence-corrected chi connectivity index (χ2v) is 5.52. The number of halogens is 1. The second kappa shape index (κ2) is 7.24. The molecule has 0 bridgehead atoms. The van der Waals surface area contributed by atoms with Crippen molar-refractivity contribution in [3.63, 3.8) is 0 Å². The summed E-state index contributed by atoms with van der Waals surface area (Å²) >= 11 is 0. The largest absolute Gasteiger partial charge is 0.384 e. The molecular formula is C13H17FN2O3S. The minimum absolute atomic E-state index is 0.133. The van der Waals surface area contributed by atoms with Crippen molar-refractivity contribution >= 4 is 15.9 Å². The Hall–Kier alpha value is -1.62. The number of nitrogens with one attached hydrogen (secondary N) is 1. The predicted octanol–water partition coefficient (Wildman–Crippen LogP) is 1.17. The second-order valence-electron chi connectivity index (χ2n) is 3.85. The maximum Gasteiger partial charge on any atom is 0.301 e. The molecule has 0 saturated heterocycles. The minimum Gasteiger partial charge on any atom is -0.384 e. The summed E-state index contributed by atoms with van der Waals surface area (Å²) in [7, 11) is -3.76. The van der Waals surface area contributed by atoms with Crippen molar-refractivity contribution in [1.82, 2.24) is 4.31 Å². The van der Waals surface area contributed by atoms with Crippen molar-refractivity contribution in [2.24, 2.45) is 0 Å². The van der Waals surface area contributed by atoms with E-state index in [9.17, 15) is 12.8 Å². The van der Waals surface area contributed by atoms with E-state index in [1.807, 2.05) is 0 Å². The number of rotatable bonds is 5. The van der Waals surface area contributed by atoms with Crippen LogP contribution in [0.1, 0.15) is 19.4 Å². The molecule has 0 aliphatic heterocycles. The zero-order valence-corrected chi connectivity index (χ0v) is 12.2. The molecule has 1 aromatic carbocycles. The summed E-state index contributed by atoms with van der Waals surface area (Å²) in [5.74, 6) is 4.21. The van der Waals surface area contributed by atoms with Crippen LogP contribution in [0, 0.1) is 17.7 Å². The molecule has 0 unspecified atom stereocenters. The average Bonchev–Trinajstić information content (AvgIpc) is 2.40. The lowest BCUT2D eigenvalue weighted by Crippen LogP contribution is -2.35. The van der Waals surface area contributed by atoms with Crippen molar-refractivity contribution < 1.29 is 17.9 Å². The Morgan fingerprint density at radius 3 is 2.50 bits per heavy atom. The topological polar surface area (TPSA) is 69.6 Å². The summed E-state index contributed by atoms with van der Waals surface area (Å²) in [5.41, 5.74) is 0.230. The first-order chi connectivity index (χ1) is 9.44. The van der Waals surface area contributed by atoms with Crippen LogP contribution < -0.4 is 4.72 Å². The van der Waals surface area contributed by atoms with E-state index in [1.165, 1.54) is 16.4 Å². The van der Waals surface area contributed by atoms with Gasteiger partial charge in [-0.15, -0.1) is 0 Å². The fraction of sp³-hybridized carbons (Fsp3) is 0.385. The molecule has 2 N–H and O–H groups in total. The van der Waals surface area contributed by atoms with Crippen molar-refractivity contribution in [1.29, 1.82) is 0 Å². The number of nitrogens with zero attached hydrogens (tertiary/aromatic N) is 1. The summed E-state index contributed by atoms with van der Waals surface area (Å²) in [6, 6.07) is 3.90. The highest BCUT2D eigenvalue weighted by Crippen LogP contribution is 2.18. The van der Waals surface area contributed by atoms with Gasteiger partial charge in [-0.25, -0.2) is 4.39 Å². The highest BCUT2D eigenvalue weighted by Gasteiger charge is 2.19. The molecule has 0 aromatic heterocycles. The van der Waals surface area contributed by atoms with Gasteiger partial charge in [0.2, 0.25) is 0 Å². The molecule has 5 nitrogen and oxygen atoms in total. The Kier molecular flexibility index (Phi) is 5.95. The van der Waals surface area contributed by atoms with Gasteiger partial charge in [0.05, 0.1) is 5.69 Å². The first-order valence-corrected chi connectivity index (χ1v) is 7.55. The highest BCUT2D eigenvalue weighted by molar-refractivity contribution is 7.90.